The Labute approximate surface area is 159 Å². The highest BCUT2D eigenvalue weighted by atomic mass is 19.3. The fourth-order valence-corrected chi connectivity index (χ4v) is 3.49. The average molecular weight is 398 g/mol. The summed E-state index contributed by atoms with van der Waals surface area (Å²) in [4.78, 5) is 31.0. The van der Waals surface area contributed by atoms with Crippen molar-refractivity contribution in [1.29, 1.82) is 0 Å². The summed E-state index contributed by atoms with van der Waals surface area (Å²) in [5, 5.41) is 0. The molecule has 10 heteroatoms. The van der Waals surface area contributed by atoms with Crippen LogP contribution in [0.1, 0.15) is 29.8 Å². The van der Waals surface area contributed by atoms with Crippen molar-refractivity contribution in [2.45, 2.75) is 37.4 Å². The molecule has 7 nitrogen and oxygen atoms in total. The van der Waals surface area contributed by atoms with Crippen LogP contribution in [-0.2, 0) is 4.79 Å². The van der Waals surface area contributed by atoms with Crippen LogP contribution in [0, 0.1) is 5.92 Å². The minimum absolute atomic E-state index is 0.0396. The van der Waals surface area contributed by atoms with Gasteiger partial charge in [0.1, 0.15) is 23.6 Å². The zero-order valence-corrected chi connectivity index (χ0v) is 15.1. The molecule has 2 N–H and O–H groups in total. The molecule has 1 aliphatic carbocycles. The number of likely N-dealkylation sites (tertiary alicyclic amines) is 1. The van der Waals surface area contributed by atoms with E-state index in [-0.39, 0.29) is 24.5 Å². The van der Waals surface area contributed by atoms with E-state index in [2.05, 4.69) is 4.98 Å². The van der Waals surface area contributed by atoms with Crippen LogP contribution in [-0.4, -0.2) is 66.1 Å². The molecular formula is C18H21F3N4O3. The lowest BCUT2D eigenvalue weighted by Gasteiger charge is -2.40. The Hall–Kier alpha value is -2.52. The number of alkyl halides is 3. The van der Waals surface area contributed by atoms with Gasteiger partial charge in [-0.15, -0.1) is 0 Å². The Morgan fingerprint density at radius 1 is 1.29 bits per heavy atom. The van der Waals surface area contributed by atoms with Crippen molar-refractivity contribution in [3.8, 4) is 5.88 Å². The number of hydrogen-bond donors (Lipinski definition) is 1. The summed E-state index contributed by atoms with van der Waals surface area (Å²) in [7, 11) is 0. The molecule has 3 fully saturated rings. The van der Waals surface area contributed by atoms with Crippen LogP contribution >= 0.6 is 0 Å². The molecule has 1 aromatic heterocycles. The first-order valence-electron chi connectivity index (χ1n) is 9.24. The molecular weight excluding hydrogens is 377 g/mol. The standard InChI is InChI=1S/C18H21F3N4O3/c19-11-5-14(15(22)26)25(6-11)17(27)12-3-4-13(24-8-18(20,21)9-24)16(23-12)28-7-10-1-2-10/h3-4,10-11,14H,1-2,5-9H2,(H2,22,26)/t11-,14-/m0/s1. The zero-order chi connectivity index (χ0) is 20.1. The molecule has 0 unspecified atom stereocenters. The van der Waals surface area contributed by atoms with Crippen molar-refractivity contribution in [2.24, 2.45) is 11.7 Å². The highest BCUT2D eigenvalue weighted by molar-refractivity contribution is 5.96. The maximum Gasteiger partial charge on any atom is 0.282 e. The minimum Gasteiger partial charge on any atom is -0.476 e. The SMILES string of the molecule is NC(=O)[C@@H]1C[C@H](F)CN1C(=O)c1ccc(N2CC(F)(F)C2)c(OCC2CC2)n1. The predicted octanol–water partition coefficient (Wildman–Crippen LogP) is 1.36. The van der Waals surface area contributed by atoms with Gasteiger partial charge in [0, 0.05) is 6.42 Å². The molecule has 28 heavy (non-hydrogen) atoms. The third-order valence-corrected chi connectivity index (χ3v) is 5.24. The Bertz CT molecular complexity index is 794. The van der Waals surface area contributed by atoms with E-state index in [0.29, 0.717) is 18.2 Å². The van der Waals surface area contributed by atoms with Crippen LogP contribution in [0.5, 0.6) is 5.88 Å². The molecule has 1 saturated carbocycles. The van der Waals surface area contributed by atoms with Crippen molar-refractivity contribution in [3.05, 3.63) is 17.8 Å². The number of halogens is 3. The number of nitrogens with two attached hydrogens (primary N) is 1. The summed E-state index contributed by atoms with van der Waals surface area (Å²) in [6, 6.07) is 1.84. The van der Waals surface area contributed by atoms with Gasteiger partial charge in [0.05, 0.1) is 26.2 Å². The van der Waals surface area contributed by atoms with Crippen molar-refractivity contribution >= 4 is 17.5 Å². The normalized spacial score (nSPS) is 26.1. The fraction of sp³-hybridized carbons (Fsp3) is 0.611. The zero-order valence-electron chi connectivity index (χ0n) is 15.1. The van der Waals surface area contributed by atoms with Crippen molar-refractivity contribution in [1.82, 2.24) is 9.88 Å². The van der Waals surface area contributed by atoms with Gasteiger partial charge in [0.25, 0.3) is 11.8 Å². The second kappa shape index (κ2) is 6.82. The molecule has 2 amide bonds. The molecule has 2 saturated heterocycles. The van der Waals surface area contributed by atoms with Crippen LogP contribution in [0.15, 0.2) is 12.1 Å². The first-order chi connectivity index (χ1) is 13.2. The lowest BCUT2D eigenvalue weighted by Crippen LogP contribution is -2.56. The number of carbonyl (C=O) groups excluding carboxylic acids is 2. The molecule has 0 radical (unpaired) electrons. The Balaban J connectivity index is 1.57. The van der Waals surface area contributed by atoms with E-state index in [4.69, 9.17) is 10.5 Å². The summed E-state index contributed by atoms with van der Waals surface area (Å²) >= 11 is 0. The monoisotopic (exact) mass is 398 g/mol. The number of ether oxygens (including phenoxy) is 1. The smallest absolute Gasteiger partial charge is 0.282 e. The van der Waals surface area contributed by atoms with Gasteiger partial charge in [-0.25, -0.2) is 18.2 Å². The molecule has 3 aliphatic rings. The van der Waals surface area contributed by atoms with Crippen LogP contribution in [0.25, 0.3) is 0 Å². The number of amides is 2. The highest BCUT2D eigenvalue weighted by Gasteiger charge is 2.45. The van der Waals surface area contributed by atoms with Gasteiger partial charge in [-0.3, -0.25) is 9.59 Å². The van der Waals surface area contributed by atoms with Gasteiger partial charge in [0.2, 0.25) is 11.8 Å². The van der Waals surface area contributed by atoms with Gasteiger partial charge >= 0.3 is 0 Å². The minimum atomic E-state index is -2.76. The second-order valence-electron chi connectivity index (χ2n) is 7.70. The van der Waals surface area contributed by atoms with E-state index in [1.54, 1.807) is 0 Å². The Morgan fingerprint density at radius 2 is 2.00 bits per heavy atom. The molecule has 2 aliphatic heterocycles. The van der Waals surface area contributed by atoms with E-state index in [1.807, 2.05) is 0 Å². The lowest BCUT2D eigenvalue weighted by atomic mass is 10.1. The fourth-order valence-electron chi connectivity index (χ4n) is 3.49. The summed E-state index contributed by atoms with van der Waals surface area (Å²) in [5.41, 5.74) is 5.63. The van der Waals surface area contributed by atoms with Crippen LogP contribution in [0.2, 0.25) is 0 Å². The number of anilines is 1. The van der Waals surface area contributed by atoms with Gasteiger partial charge in [-0.2, -0.15) is 0 Å². The first-order valence-corrected chi connectivity index (χ1v) is 9.24. The maximum atomic E-state index is 13.7. The van der Waals surface area contributed by atoms with E-state index in [9.17, 15) is 22.8 Å². The van der Waals surface area contributed by atoms with Crippen molar-refractivity contribution in [3.63, 3.8) is 0 Å². The van der Waals surface area contributed by atoms with Crippen molar-refractivity contribution in [2.75, 3.05) is 31.1 Å². The number of rotatable bonds is 6. The molecule has 152 valence electrons. The molecule has 3 heterocycles. The quantitative estimate of drug-likeness (QED) is 0.782. The summed E-state index contributed by atoms with van der Waals surface area (Å²) in [5.74, 6) is -3.68. The van der Waals surface area contributed by atoms with Gasteiger partial charge in [-0.05, 0) is 30.9 Å². The van der Waals surface area contributed by atoms with E-state index < -0.39 is 43.0 Å². The number of nitrogens with zero attached hydrogens (tertiary/aromatic N) is 3. The summed E-state index contributed by atoms with van der Waals surface area (Å²) < 4.78 is 45.9. The third-order valence-electron chi connectivity index (χ3n) is 5.24. The number of carbonyl (C=O) groups is 2. The molecule has 0 aromatic carbocycles. The van der Waals surface area contributed by atoms with Crippen molar-refractivity contribution < 1.29 is 27.5 Å². The first kappa shape index (κ1) is 18.8. The highest BCUT2D eigenvalue weighted by Crippen LogP contribution is 2.38. The van der Waals surface area contributed by atoms with Gasteiger partial charge in [0.15, 0.2) is 0 Å². The van der Waals surface area contributed by atoms with Gasteiger partial charge in [-0.1, -0.05) is 0 Å². The number of primary amides is 1. The van der Waals surface area contributed by atoms with Crippen LogP contribution in [0.4, 0.5) is 18.9 Å². The summed E-state index contributed by atoms with van der Waals surface area (Å²) in [6.45, 7) is -0.739. The van der Waals surface area contributed by atoms with E-state index in [0.717, 1.165) is 17.7 Å². The van der Waals surface area contributed by atoms with Gasteiger partial charge < -0.3 is 20.3 Å². The third kappa shape index (κ3) is 3.72. The molecule has 2 atom stereocenters. The maximum absolute atomic E-state index is 13.7. The van der Waals surface area contributed by atoms with E-state index >= 15 is 0 Å². The number of hydrogen-bond acceptors (Lipinski definition) is 5. The largest absolute Gasteiger partial charge is 0.476 e. The molecule has 0 bridgehead atoms. The number of pyridine rings is 1. The van der Waals surface area contributed by atoms with Crippen LogP contribution < -0.4 is 15.4 Å². The average Bonchev–Trinajstić information content (AvgIpc) is 3.36. The Kier molecular flexibility index (Phi) is 4.59. The molecule has 0 spiro atoms. The second-order valence-corrected chi connectivity index (χ2v) is 7.70. The van der Waals surface area contributed by atoms with E-state index in [1.165, 1.54) is 17.0 Å². The predicted molar refractivity (Wildman–Crippen MR) is 93.1 cm³/mol. The molecule has 4 rings (SSSR count). The lowest BCUT2D eigenvalue weighted by molar-refractivity contribution is -0.121. The van der Waals surface area contributed by atoms with Crippen LogP contribution in [0.3, 0.4) is 0 Å². The Morgan fingerprint density at radius 3 is 2.61 bits per heavy atom. The number of aromatic nitrogens is 1. The topological polar surface area (TPSA) is 88.8 Å². The summed E-state index contributed by atoms with van der Waals surface area (Å²) in [6.07, 6.45) is 0.575. The molecule has 1 aromatic rings.